The minimum atomic E-state index is -3.47. The summed E-state index contributed by atoms with van der Waals surface area (Å²) < 4.78 is 31.1. The van der Waals surface area contributed by atoms with E-state index in [9.17, 15) is 13.5 Å². The SMILES string of the molecule is CCS(=O)(=O)Nc1cccc2c1nc(-c1cn(C)c3c(O)nccc13)n2Cc1ccccc1. The zero-order chi connectivity index (χ0) is 23.2. The Bertz CT molecular complexity index is 1590. The van der Waals surface area contributed by atoms with Crippen LogP contribution in [0.1, 0.15) is 12.5 Å². The standard InChI is InChI=1S/C24H23N5O3S/c1-3-33(31,32)27-19-10-7-11-20-21(19)26-23(29(20)14-16-8-5-4-6-9-16)18-15-28(2)22-17(18)12-13-25-24(22)30/h4-13,15,27H,3,14H2,1-2H3,(H,25,30). The molecule has 168 valence electrons. The molecule has 0 spiro atoms. The monoisotopic (exact) mass is 461 g/mol. The van der Waals surface area contributed by atoms with Crippen molar-refractivity contribution in [1.82, 2.24) is 19.1 Å². The number of nitrogens with zero attached hydrogens (tertiary/aromatic N) is 4. The smallest absolute Gasteiger partial charge is 0.236 e. The molecule has 8 nitrogen and oxygen atoms in total. The number of fused-ring (bicyclic) bond motifs is 2. The summed E-state index contributed by atoms with van der Waals surface area (Å²) in [6.07, 6.45) is 3.47. The second-order valence-electron chi connectivity index (χ2n) is 7.87. The Kier molecular flexibility index (Phi) is 5.05. The van der Waals surface area contributed by atoms with Gasteiger partial charge in [0, 0.05) is 36.9 Å². The maximum atomic E-state index is 12.3. The summed E-state index contributed by atoms with van der Waals surface area (Å²) in [7, 11) is -1.63. The van der Waals surface area contributed by atoms with Crippen molar-refractivity contribution in [2.75, 3.05) is 10.5 Å². The van der Waals surface area contributed by atoms with Crippen LogP contribution in [0.15, 0.2) is 67.0 Å². The molecule has 0 radical (unpaired) electrons. The molecule has 0 atom stereocenters. The van der Waals surface area contributed by atoms with E-state index >= 15 is 0 Å². The summed E-state index contributed by atoms with van der Waals surface area (Å²) in [6, 6.07) is 17.3. The largest absolute Gasteiger partial charge is 0.492 e. The predicted octanol–water partition coefficient (Wildman–Crippen LogP) is 4.11. The molecule has 33 heavy (non-hydrogen) atoms. The van der Waals surface area contributed by atoms with Crippen LogP contribution in [0.5, 0.6) is 5.88 Å². The van der Waals surface area contributed by atoms with Crippen LogP contribution >= 0.6 is 0 Å². The molecule has 0 aliphatic heterocycles. The molecular weight excluding hydrogens is 438 g/mol. The fourth-order valence-electron chi connectivity index (χ4n) is 4.11. The molecule has 3 aromatic heterocycles. The lowest BCUT2D eigenvalue weighted by molar-refractivity contribution is 0.457. The number of imidazole rings is 1. The molecule has 5 rings (SSSR count). The number of aromatic hydroxyl groups is 1. The normalized spacial score (nSPS) is 11.9. The maximum absolute atomic E-state index is 12.3. The van der Waals surface area contributed by atoms with Crippen LogP contribution in [0.2, 0.25) is 0 Å². The Balaban J connectivity index is 1.79. The predicted molar refractivity (Wildman–Crippen MR) is 130 cm³/mol. The molecular formula is C24H23N5O3S. The first kappa shape index (κ1) is 21.0. The van der Waals surface area contributed by atoms with Gasteiger partial charge in [0.1, 0.15) is 16.9 Å². The van der Waals surface area contributed by atoms with Crippen molar-refractivity contribution in [2.45, 2.75) is 13.5 Å². The molecule has 2 N–H and O–H groups in total. The summed E-state index contributed by atoms with van der Waals surface area (Å²) in [5, 5.41) is 11.1. The summed E-state index contributed by atoms with van der Waals surface area (Å²) in [4.78, 5) is 8.91. The van der Waals surface area contributed by atoms with Crippen molar-refractivity contribution in [3.05, 3.63) is 72.6 Å². The Labute approximate surface area is 191 Å². The third-order valence-electron chi connectivity index (χ3n) is 5.72. The summed E-state index contributed by atoms with van der Waals surface area (Å²) in [6.45, 7) is 2.14. The summed E-state index contributed by atoms with van der Waals surface area (Å²) in [5.74, 6) is 0.591. The van der Waals surface area contributed by atoms with E-state index in [0.717, 1.165) is 22.0 Å². The molecule has 2 aromatic carbocycles. The van der Waals surface area contributed by atoms with E-state index in [1.54, 1.807) is 19.2 Å². The van der Waals surface area contributed by atoms with Crippen LogP contribution in [0.25, 0.3) is 33.3 Å². The topological polar surface area (TPSA) is 102 Å². The molecule has 0 fully saturated rings. The van der Waals surface area contributed by atoms with Crippen LogP contribution in [-0.2, 0) is 23.6 Å². The lowest BCUT2D eigenvalue weighted by atomic mass is 10.2. The van der Waals surface area contributed by atoms with Crippen LogP contribution in [0.4, 0.5) is 5.69 Å². The zero-order valence-corrected chi connectivity index (χ0v) is 19.0. The minimum Gasteiger partial charge on any atom is -0.492 e. The molecule has 0 saturated heterocycles. The van der Waals surface area contributed by atoms with Crippen LogP contribution in [0, 0.1) is 0 Å². The highest BCUT2D eigenvalue weighted by molar-refractivity contribution is 7.92. The average Bonchev–Trinajstić information content (AvgIpc) is 3.33. The molecule has 0 aliphatic carbocycles. The fourth-order valence-corrected chi connectivity index (χ4v) is 4.76. The lowest BCUT2D eigenvalue weighted by Crippen LogP contribution is -2.14. The van der Waals surface area contributed by atoms with Crippen molar-refractivity contribution >= 4 is 37.6 Å². The van der Waals surface area contributed by atoms with Gasteiger partial charge in [-0.15, -0.1) is 0 Å². The number of para-hydroxylation sites is 1. The first-order chi connectivity index (χ1) is 15.9. The number of nitrogens with one attached hydrogen (secondary N) is 1. The van der Waals surface area contributed by atoms with Crippen LogP contribution in [0.3, 0.4) is 0 Å². The molecule has 0 aliphatic rings. The van der Waals surface area contributed by atoms with Crippen molar-refractivity contribution < 1.29 is 13.5 Å². The van der Waals surface area contributed by atoms with E-state index in [2.05, 4.69) is 14.3 Å². The Morgan fingerprint density at radius 3 is 2.61 bits per heavy atom. The summed E-state index contributed by atoms with van der Waals surface area (Å²) in [5.41, 5.74) is 4.32. The van der Waals surface area contributed by atoms with Gasteiger partial charge in [-0.05, 0) is 30.7 Å². The summed E-state index contributed by atoms with van der Waals surface area (Å²) >= 11 is 0. The van der Waals surface area contributed by atoms with Crippen molar-refractivity contribution in [1.29, 1.82) is 0 Å². The Hall–Kier alpha value is -3.85. The van der Waals surface area contributed by atoms with E-state index in [4.69, 9.17) is 4.98 Å². The molecule has 0 saturated carbocycles. The number of sulfonamides is 1. The number of hydrogen-bond donors (Lipinski definition) is 2. The lowest BCUT2D eigenvalue weighted by Gasteiger charge is -2.10. The van der Waals surface area contributed by atoms with Crippen molar-refractivity contribution in [3.63, 3.8) is 0 Å². The van der Waals surface area contributed by atoms with Gasteiger partial charge in [-0.2, -0.15) is 0 Å². The maximum Gasteiger partial charge on any atom is 0.236 e. The van der Waals surface area contributed by atoms with E-state index < -0.39 is 10.0 Å². The van der Waals surface area contributed by atoms with E-state index in [0.29, 0.717) is 29.1 Å². The van der Waals surface area contributed by atoms with Crippen molar-refractivity contribution in [2.24, 2.45) is 7.05 Å². The fraction of sp³-hybridized carbons (Fsp3) is 0.167. The second-order valence-corrected chi connectivity index (χ2v) is 9.88. The van der Waals surface area contributed by atoms with E-state index in [1.807, 2.05) is 66.3 Å². The molecule has 9 heteroatoms. The zero-order valence-electron chi connectivity index (χ0n) is 18.2. The minimum absolute atomic E-state index is 0.0312. The van der Waals surface area contributed by atoms with Gasteiger partial charge in [0.15, 0.2) is 0 Å². The number of aryl methyl sites for hydroxylation is 1. The highest BCUT2D eigenvalue weighted by atomic mass is 32.2. The first-order valence-electron chi connectivity index (χ1n) is 10.5. The third kappa shape index (κ3) is 3.70. The van der Waals surface area contributed by atoms with Gasteiger partial charge in [-0.3, -0.25) is 4.72 Å². The van der Waals surface area contributed by atoms with Crippen molar-refractivity contribution in [3.8, 4) is 17.3 Å². The molecule has 5 aromatic rings. The van der Waals surface area contributed by atoms with Gasteiger partial charge in [-0.25, -0.2) is 18.4 Å². The number of rotatable bonds is 6. The number of anilines is 1. The molecule has 0 unspecified atom stereocenters. The Morgan fingerprint density at radius 1 is 1.06 bits per heavy atom. The van der Waals surface area contributed by atoms with Gasteiger partial charge >= 0.3 is 0 Å². The van der Waals surface area contributed by atoms with Gasteiger partial charge in [0.25, 0.3) is 0 Å². The molecule has 0 amide bonds. The average molecular weight is 462 g/mol. The highest BCUT2D eigenvalue weighted by Gasteiger charge is 2.21. The van der Waals surface area contributed by atoms with Crippen LogP contribution in [-0.4, -0.2) is 38.4 Å². The Morgan fingerprint density at radius 2 is 1.85 bits per heavy atom. The second kappa shape index (κ2) is 7.93. The van der Waals surface area contributed by atoms with Crippen LogP contribution < -0.4 is 4.72 Å². The number of pyridine rings is 1. The molecule has 3 heterocycles. The number of benzene rings is 2. The highest BCUT2D eigenvalue weighted by Crippen LogP contribution is 2.36. The van der Waals surface area contributed by atoms with E-state index in [-0.39, 0.29) is 11.6 Å². The third-order valence-corrected chi connectivity index (χ3v) is 7.01. The quantitative estimate of drug-likeness (QED) is 0.396. The number of hydrogen-bond acceptors (Lipinski definition) is 5. The van der Waals surface area contributed by atoms with Gasteiger partial charge in [0.05, 0.1) is 17.0 Å². The number of aromatic nitrogens is 4. The first-order valence-corrected chi connectivity index (χ1v) is 12.2. The van der Waals surface area contributed by atoms with E-state index in [1.165, 1.54) is 0 Å². The van der Waals surface area contributed by atoms with Gasteiger partial charge in [0.2, 0.25) is 15.9 Å². The molecule has 0 bridgehead atoms. The van der Waals surface area contributed by atoms with Gasteiger partial charge < -0.3 is 14.2 Å². The van der Waals surface area contributed by atoms with Gasteiger partial charge in [-0.1, -0.05) is 36.4 Å².